The zero-order valence-corrected chi connectivity index (χ0v) is 18.8. The van der Waals surface area contributed by atoms with Crippen LogP contribution in [0.5, 0.6) is 0 Å². The van der Waals surface area contributed by atoms with E-state index in [1.54, 1.807) is 17.0 Å². The summed E-state index contributed by atoms with van der Waals surface area (Å²) < 4.78 is 10.3. The van der Waals surface area contributed by atoms with E-state index in [0.717, 1.165) is 6.42 Å². The lowest BCUT2D eigenvalue weighted by atomic mass is 10.1. The Bertz CT molecular complexity index is 1120. The predicted octanol–water partition coefficient (Wildman–Crippen LogP) is 1.82. The number of piperazine rings is 1. The highest BCUT2D eigenvalue weighted by molar-refractivity contribution is 6.22. The summed E-state index contributed by atoms with van der Waals surface area (Å²) in [5.74, 6) is -1.92. The summed E-state index contributed by atoms with van der Waals surface area (Å²) >= 11 is 0. The largest absolute Gasteiger partial charge is 0.459 e. The van der Waals surface area contributed by atoms with Gasteiger partial charge >= 0.3 is 5.97 Å². The van der Waals surface area contributed by atoms with E-state index in [4.69, 9.17) is 9.15 Å². The summed E-state index contributed by atoms with van der Waals surface area (Å²) in [4.78, 5) is 66.6. The monoisotopic (exact) mass is 467 g/mol. The van der Waals surface area contributed by atoms with Gasteiger partial charge in [0.15, 0.2) is 12.4 Å². The fraction of sp³-hybridized carbons (Fsp3) is 0.375. The Kier molecular flexibility index (Phi) is 6.76. The first-order valence-corrected chi connectivity index (χ1v) is 11.2. The fourth-order valence-corrected chi connectivity index (χ4v) is 3.95. The molecule has 0 atom stereocenters. The molecule has 4 amide bonds. The van der Waals surface area contributed by atoms with Crippen LogP contribution in [0.25, 0.3) is 0 Å². The number of hydrogen-bond acceptors (Lipinski definition) is 7. The lowest BCUT2D eigenvalue weighted by molar-refractivity contribution is -0.136. The number of carbonyl (C=O) groups is 5. The number of benzene rings is 1. The van der Waals surface area contributed by atoms with E-state index in [1.807, 2.05) is 6.92 Å². The number of nitrogens with zero attached hydrogens (tertiary/aromatic N) is 3. The third-order valence-electron chi connectivity index (χ3n) is 5.92. The molecule has 1 saturated heterocycles. The van der Waals surface area contributed by atoms with Gasteiger partial charge in [-0.05, 0) is 36.8 Å². The van der Waals surface area contributed by atoms with Gasteiger partial charge in [0.25, 0.3) is 23.6 Å². The van der Waals surface area contributed by atoms with Gasteiger partial charge in [0.2, 0.25) is 0 Å². The van der Waals surface area contributed by atoms with E-state index < -0.39 is 18.5 Å². The molecule has 178 valence electrons. The number of unbranched alkanes of at least 4 members (excludes halogenated alkanes) is 1. The topological polar surface area (TPSA) is 117 Å². The van der Waals surface area contributed by atoms with Gasteiger partial charge in [-0.15, -0.1) is 0 Å². The second kappa shape index (κ2) is 9.90. The molecule has 0 spiro atoms. The van der Waals surface area contributed by atoms with E-state index in [1.165, 1.54) is 34.3 Å². The number of ether oxygens (including phenoxy) is 1. The van der Waals surface area contributed by atoms with E-state index in [9.17, 15) is 24.0 Å². The first kappa shape index (κ1) is 23.2. The van der Waals surface area contributed by atoms with Crippen LogP contribution in [0.3, 0.4) is 0 Å². The van der Waals surface area contributed by atoms with Crippen molar-refractivity contribution in [3.05, 3.63) is 59.0 Å². The lowest BCUT2D eigenvalue weighted by Crippen LogP contribution is -2.51. The molecule has 0 unspecified atom stereocenters. The number of carbonyl (C=O) groups excluding carboxylic acids is 5. The molecule has 0 N–H and O–H groups in total. The smallest absolute Gasteiger partial charge is 0.338 e. The third-order valence-corrected chi connectivity index (χ3v) is 5.92. The molecule has 2 aliphatic rings. The van der Waals surface area contributed by atoms with Crippen LogP contribution in [0.2, 0.25) is 0 Å². The van der Waals surface area contributed by atoms with Crippen molar-refractivity contribution in [2.45, 2.75) is 19.8 Å². The Balaban J connectivity index is 1.30. The van der Waals surface area contributed by atoms with Crippen molar-refractivity contribution in [3.8, 4) is 0 Å². The van der Waals surface area contributed by atoms with Gasteiger partial charge in [0.05, 0.1) is 23.0 Å². The fourth-order valence-electron chi connectivity index (χ4n) is 3.95. The summed E-state index contributed by atoms with van der Waals surface area (Å²) in [5, 5.41) is 0. The van der Waals surface area contributed by atoms with Crippen molar-refractivity contribution in [2.75, 3.05) is 39.3 Å². The van der Waals surface area contributed by atoms with Gasteiger partial charge in [0.1, 0.15) is 0 Å². The number of rotatable bonds is 7. The average molecular weight is 467 g/mol. The minimum absolute atomic E-state index is 0.0962. The molecule has 4 rings (SSSR count). The van der Waals surface area contributed by atoms with E-state index in [2.05, 4.69) is 0 Å². The summed E-state index contributed by atoms with van der Waals surface area (Å²) in [6.45, 7) is 3.14. The second-order valence-electron chi connectivity index (χ2n) is 8.10. The van der Waals surface area contributed by atoms with Gasteiger partial charge in [-0.3, -0.25) is 24.1 Å². The first-order valence-electron chi connectivity index (χ1n) is 11.2. The Morgan fingerprint density at radius 2 is 1.68 bits per heavy atom. The second-order valence-corrected chi connectivity index (χ2v) is 8.10. The van der Waals surface area contributed by atoms with Gasteiger partial charge in [-0.1, -0.05) is 13.3 Å². The molecule has 1 fully saturated rings. The minimum Gasteiger partial charge on any atom is -0.459 e. The quantitative estimate of drug-likeness (QED) is 0.450. The number of fused-ring (bicyclic) bond motifs is 1. The number of amides is 4. The molecule has 0 aliphatic carbocycles. The maximum atomic E-state index is 12.6. The molecular formula is C24H25N3O7. The Morgan fingerprint density at radius 3 is 2.35 bits per heavy atom. The van der Waals surface area contributed by atoms with Crippen LogP contribution in [-0.2, 0) is 9.53 Å². The van der Waals surface area contributed by atoms with E-state index in [0.29, 0.717) is 39.1 Å². The Morgan fingerprint density at radius 1 is 0.971 bits per heavy atom. The third kappa shape index (κ3) is 4.57. The summed E-state index contributed by atoms with van der Waals surface area (Å²) in [6.07, 6.45) is 2.97. The van der Waals surface area contributed by atoms with Crippen molar-refractivity contribution in [1.29, 1.82) is 0 Å². The molecule has 2 aromatic rings. The van der Waals surface area contributed by atoms with Gasteiger partial charge in [-0.25, -0.2) is 4.79 Å². The lowest BCUT2D eigenvalue weighted by Gasteiger charge is -2.34. The minimum atomic E-state index is -0.755. The number of esters is 1. The summed E-state index contributed by atoms with van der Waals surface area (Å²) in [5.41, 5.74) is 0.522. The Hall–Kier alpha value is -3.95. The molecule has 3 heterocycles. The maximum Gasteiger partial charge on any atom is 0.338 e. The standard InChI is InChI=1S/C24H25N3O7/c1-2-3-8-27-21(29)17-7-6-16(14-18(17)22(27)30)24(32)34-15-20(28)25-9-11-26(12-10-25)23(31)19-5-4-13-33-19/h4-7,13-14H,2-3,8-12,15H2,1H3. The Labute approximate surface area is 196 Å². The van der Waals surface area contributed by atoms with Crippen molar-refractivity contribution in [1.82, 2.24) is 14.7 Å². The highest BCUT2D eigenvalue weighted by Crippen LogP contribution is 2.24. The number of hydrogen-bond donors (Lipinski definition) is 0. The van der Waals surface area contributed by atoms with E-state index >= 15 is 0 Å². The molecule has 10 heteroatoms. The van der Waals surface area contributed by atoms with Crippen LogP contribution in [-0.4, -0.2) is 83.6 Å². The molecule has 34 heavy (non-hydrogen) atoms. The zero-order chi connectivity index (χ0) is 24.2. The van der Waals surface area contributed by atoms with Crippen LogP contribution >= 0.6 is 0 Å². The molecule has 0 saturated carbocycles. The first-order chi connectivity index (χ1) is 16.4. The average Bonchev–Trinajstić information content (AvgIpc) is 3.48. The molecule has 1 aromatic heterocycles. The summed E-state index contributed by atoms with van der Waals surface area (Å²) in [6, 6.07) is 7.42. The molecule has 1 aromatic carbocycles. The predicted molar refractivity (Wildman–Crippen MR) is 118 cm³/mol. The number of imide groups is 1. The van der Waals surface area contributed by atoms with Crippen LogP contribution in [0.1, 0.15) is 61.4 Å². The van der Waals surface area contributed by atoms with Crippen LogP contribution < -0.4 is 0 Å². The maximum absolute atomic E-state index is 12.6. The SMILES string of the molecule is CCCCN1C(=O)c2ccc(C(=O)OCC(=O)N3CCN(C(=O)c4ccco4)CC3)cc2C1=O. The van der Waals surface area contributed by atoms with E-state index in [-0.39, 0.29) is 40.2 Å². The molecule has 10 nitrogen and oxygen atoms in total. The molecular weight excluding hydrogens is 442 g/mol. The highest BCUT2D eigenvalue weighted by atomic mass is 16.5. The van der Waals surface area contributed by atoms with Crippen molar-refractivity contribution < 1.29 is 33.1 Å². The zero-order valence-electron chi connectivity index (χ0n) is 18.8. The number of furan rings is 1. The van der Waals surface area contributed by atoms with Crippen molar-refractivity contribution in [2.24, 2.45) is 0 Å². The van der Waals surface area contributed by atoms with Crippen molar-refractivity contribution in [3.63, 3.8) is 0 Å². The van der Waals surface area contributed by atoms with Crippen LogP contribution in [0, 0.1) is 0 Å². The van der Waals surface area contributed by atoms with Gasteiger partial charge in [0, 0.05) is 32.7 Å². The van der Waals surface area contributed by atoms with Crippen LogP contribution in [0.4, 0.5) is 0 Å². The highest BCUT2D eigenvalue weighted by Gasteiger charge is 2.35. The molecule has 2 aliphatic heterocycles. The normalized spacial score (nSPS) is 15.5. The summed E-state index contributed by atoms with van der Waals surface area (Å²) in [7, 11) is 0. The van der Waals surface area contributed by atoms with Crippen LogP contribution in [0.15, 0.2) is 41.0 Å². The molecule has 0 radical (unpaired) electrons. The van der Waals surface area contributed by atoms with Gasteiger partial charge < -0.3 is 19.0 Å². The molecule has 0 bridgehead atoms. The van der Waals surface area contributed by atoms with Gasteiger partial charge in [-0.2, -0.15) is 0 Å². The van der Waals surface area contributed by atoms with Crippen molar-refractivity contribution >= 4 is 29.6 Å².